The lowest BCUT2D eigenvalue weighted by Crippen LogP contribution is -1.90. The molecule has 0 aliphatic rings. The molecule has 0 aliphatic carbocycles. The molecule has 1 aromatic carbocycles. The monoisotopic (exact) mass is 188 g/mol. The van der Waals surface area contributed by atoms with Gasteiger partial charge in [-0.2, -0.15) is 0 Å². The summed E-state index contributed by atoms with van der Waals surface area (Å²) in [5.74, 6) is 0.865. The number of nitrogens with zero attached hydrogens (tertiary/aromatic N) is 2. The van der Waals surface area contributed by atoms with E-state index in [2.05, 4.69) is 4.98 Å². The molecule has 0 atom stereocenters. The van der Waals surface area contributed by atoms with Crippen molar-refractivity contribution in [2.75, 3.05) is 7.11 Å². The molecule has 0 saturated carbocycles. The zero-order valence-electron chi connectivity index (χ0n) is 8.27. The Balaban J connectivity index is 2.47. The third-order valence-electron chi connectivity index (χ3n) is 2.18. The van der Waals surface area contributed by atoms with Gasteiger partial charge in [0.2, 0.25) is 0 Å². The molecule has 72 valence electrons. The molecule has 0 spiro atoms. The molecule has 0 fully saturated rings. The molecule has 2 aromatic rings. The number of ether oxygens (including phenoxy) is 1. The summed E-state index contributed by atoms with van der Waals surface area (Å²) >= 11 is 0. The predicted octanol–water partition coefficient (Wildman–Crippen LogP) is 2.10. The molecule has 0 aliphatic heterocycles. The molecular formula is C11H12N2O. The third kappa shape index (κ3) is 1.48. The third-order valence-corrected chi connectivity index (χ3v) is 2.18. The minimum atomic E-state index is 0.865. The van der Waals surface area contributed by atoms with Crippen LogP contribution in [0.1, 0.15) is 0 Å². The van der Waals surface area contributed by atoms with Gasteiger partial charge >= 0.3 is 0 Å². The average molecular weight is 188 g/mol. The lowest BCUT2D eigenvalue weighted by atomic mass is 10.1. The van der Waals surface area contributed by atoms with Crippen LogP contribution in [0.2, 0.25) is 0 Å². The summed E-state index contributed by atoms with van der Waals surface area (Å²) in [6.07, 6.45) is 3.63. The lowest BCUT2D eigenvalue weighted by Gasteiger charge is -2.04. The van der Waals surface area contributed by atoms with Crippen molar-refractivity contribution in [3.05, 3.63) is 36.8 Å². The van der Waals surface area contributed by atoms with Gasteiger partial charge in [0.25, 0.3) is 0 Å². The normalized spacial score (nSPS) is 10.1. The molecular weight excluding hydrogens is 176 g/mol. The van der Waals surface area contributed by atoms with Gasteiger partial charge in [-0.05, 0) is 12.1 Å². The Morgan fingerprint density at radius 3 is 2.86 bits per heavy atom. The number of hydrogen-bond donors (Lipinski definition) is 0. The molecule has 0 N–H and O–H groups in total. The van der Waals surface area contributed by atoms with Gasteiger partial charge in [-0.1, -0.05) is 12.1 Å². The fourth-order valence-electron chi connectivity index (χ4n) is 1.42. The van der Waals surface area contributed by atoms with Crippen LogP contribution in [0.5, 0.6) is 5.75 Å². The largest absolute Gasteiger partial charge is 0.497 e. The summed E-state index contributed by atoms with van der Waals surface area (Å²) in [6.45, 7) is 0. The number of hydrogen-bond acceptors (Lipinski definition) is 2. The molecule has 0 amide bonds. The van der Waals surface area contributed by atoms with Crippen molar-refractivity contribution in [2.45, 2.75) is 0 Å². The Kier molecular flexibility index (Phi) is 2.23. The van der Waals surface area contributed by atoms with E-state index in [0.717, 1.165) is 17.0 Å². The second-order valence-corrected chi connectivity index (χ2v) is 3.12. The number of aromatic nitrogens is 2. The van der Waals surface area contributed by atoms with Gasteiger partial charge in [-0.15, -0.1) is 0 Å². The summed E-state index contributed by atoms with van der Waals surface area (Å²) in [5, 5.41) is 0. The lowest BCUT2D eigenvalue weighted by molar-refractivity contribution is 0.415. The predicted molar refractivity (Wildman–Crippen MR) is 55.2 cm³/mol. The van der Waals surface area contributed by atoms with E-state index in [0.29, 0.717) is 0 Å². The van der Waals surface area contributed by atoms with Crippen LogP contribution in [0.25, 0.3) is 11.3 Å². The zero-order chi connectivity index (χ0) is 9.97. The van der Waals surface area contributed by atoms with E-state index < -0.39 is 0 Å². The van der Waals surface area contributed by atoms with Crippen LogP contribution in [0.4, 0.5) is 0 Å². The van der Waals surface area contributed by atoms with Gasteiger partial charge in [0.15, 0.2) is 0 Å². The van der Waals surface area contributed by atoms with Crippen LogP contribution in [-0.4, -0.2) is 16.7 Å². The van der Waals surface area contributed by atoms with E-state index in [1.807, 2.05) is 42.1 Å². The minimum absolute atomic E-state index is 0.865. The van der Waals surface area contributed by atoms with E-state index in [4.69, 9.17) is 4.74 Å². The van der Waals surface area contributed by atoms with Crippen molar-refractivity contribution in [1.29, 1.82) is 0 Å². The number of rotatable bonds is 2. The Hall–Kier alpha value is -1.77. The standard InChI is InChI=1S/C11H12N2O/c1-13-8-12-7-11(13)9-4-3-5-10(6-9)14-2/h3-8H,1-2H3. The minimum Gasteiger partial charge on any atom is -0.497 e. The van der Waals surface area contributed by atoms with Crippen LogP contribution in [0, 0.1) is 0 Å². The van der Waals surface area contributed by atoms with E-state index in [1.165, 1.54) is 0 Å². The van der Waals surface area contributed by atoms with Gasteiger partial charge in [-0.3, -0.25) is 0 Å². The van der Waals surface area contributed by atoms with E-state index in [9.17, 15) is 0 Å². The Labute approximate surface area is 83.0 Å². The summed E-state index contributed by atoms with van der Waals surface area (Å²) in [5.41, 5.74) is 2.20. The van der Waals surface area contributed by atoms with E-state index in [-0.39, 0.29) is 0 Å². The van der Waals surface area contributed by atoms with Crippen molar-refractivity contribution in [3.8, 4) is 17.0 Å². The molecule has 0 unspecified atom stereocenters. The maximum absolute atomic E-state index is 5.16. The van der Waals surface area contributed by atoms with Crippen molar-refractivity contribution in [3.63, 3.8) is 0 Å². The van der Waals surface area contributed by atoms with Crippen LogP contribution in [0.15, 0.2) is 36.8 Å². The topological polar surface area (TPSA) is 27.1 Å². The second-order valence-electron chi connectivity index (χ2n) is 3.12. The smallest absolute Gasteiger partial charge is 0.119 e. The molecule has 1 heterocycles. The van der Waals surface area contributed by atoms with Gasteiger partial charge < -0.3 is 9.30 Å². The molecule has 0 bridgehead atoms. The SMILES string of the molecule is COc1cccc(-c2cncn2C)c1. The first-order valence-corrected chi connectivity index (χ1v) is 4.42. The number of methoxy groups -OCH3 is 1. The van der Waals surface area contributed by atoms with Crippen molar-refractivity contribution in [2.24, 2.45) is 7.05 Å². The fraction of sp³-hybridized carbons (Fsp3) is 0.182. The second kappa shape index (κ2) is 3.54. The molecule has 0 radical (unpaired) electrons. The Bertz CT molecular complexity index is 434. The van der Waals surface area contributed by atoms with Gasteiger partial charge in [0.1, 0.15) is 5.75 Å². The number of benzene rings is 1. The summed E-state index contributed by atoms with van der Waals surface area (Å²) in [7, 11) is 3.64. The summed E-state index contributed by atoms with van der Waals surface area (Å²) in [6, 6.07) is 7.94. The Morgan fingerprint density at radius 1 is 1.36 bits per heavy atom. The van der Waals surface area contributed by atoms with Crippen molar-refractivity contribution < 1.29 is 4.74 Å². The highest BCUT2D eigenvalue weighted by molar-refractivity contribution is 5.60. The fourth-order valence-corrected chi connectivity index (χ4v) is 1.42. The molecule has 3 heteroatoms. The van der Waals surface area contributed by atoms with Crippen LogP contribution >= 0.6 is 0 Å². The molecule has 14 heavy (non-hydrogen) atoms. The highest BCUT2D eigenvalue weighted by atomic mass is 16.5. The van der Waals surface area contributed by atoms with Gasteiger partial charge in [0.05, 0.1) is 25.3 Å². The first kappa shape index (κ1) is 8.81. The maximum atomic E-state index is 5.16. The average Bonchev–Trinajstić information content (AvgIpc) is 2.65. The molecule has 0 saturated heterocycles. The van der Waals surface area contributed by atoms with Crippen molar-refractivity contribution >= 4 is 0 Å². The van der Waals surface area contributed by atoms with Crippen molar-refractivity contribution in [1.82, 2.24) is 9.55 Å². The molecule has 1 aromatic heterocycles. The van der Waals surface area contributed by atoms with E-state index in [1.54, 1.807) is 13.4 Å². The molecule has 3 nitrogen and oxygen atoms in total. The Morgan fingerprint density at radius 2 is 2.21 bits per heavy atom. The first-order valence-electron chi connectivity index (χ1n) is 4.42. The van der Waals surface area contributed by atoms with Crippen LogP contribution in [0.3, 0.4) is 0 Å². The van der Waals surface area contributed by atoms with Gasteiger partial charge in [0, 0.05) is 12.6 Å². The maximum Gasteiger partial charge on any atom is 0.119 e. The number of imidazole rings is 1. The van der Waals surface area contributed by atoms with Gasteiger partial charge in [-0.25, -0.2) is 4.98 Å². The highest BCUT2D eigenvalue weighted by Gasteiger charge is 2.02. The quantitative estimate of drug-likeness (QED) is 0.721. The highest BCUT2D eigenvalue weighted by Crippen LogP contribution is 2.22. The van der Waals surface area contributed by atoms with Crippen LogP contribution < -0.4 is 4.74 Å². The van der Waals surface area contributed by atoms with E-state index >= 15 is 0 Å². The first-order chi connectivity index (χ1) is 6.81. The molecule has 2 rings (SSSR count). The zero-order valence-corrected chi connectivity index (χ0v) is 8.27. The van der Waals surface area contributed by atoms with Crippen LogP contribution in [-0.2, 0) is 7.05 Å². The summed E-state index contributed by atoms with van der Waals surface area (Å²) < 4.78 is 7.14. The number of aryl methyl sites for hydroxylation is 1. The summed E-state index contributed by atoms with van der Waals surface area (Å²) in [4.78, 5) is 4.08.